The molecule has 0 spiro atoms. The minimum atomic E-state index is 0.376. The molecule has 0 saturated heterocycles. The van der Waals surface area contributed by atoms with Gasteiger partial charge in [-0.2, -0.15) is 0 Å². The van der Waals surface area contributed by atoms with Crippen LogP contribution in [0.3, 0.4) is 0 Å². The topological polar surface area (TPSA) is 46.3 Å². The van der Waals surface area contributed by atoms with Crippen LogP contribution in [0.25, 0.3) is 0 Å². The molecule has 0 aliphatic heterocycles. The van der Waals surface area contributed by atoms with Gasteiger partial charge < -0.3 is 10.6 Å². The zero-order valence-electron chi connectivity index (χ0n) is 13.4. The molecule has 0 atom stereocenters. The fourth-order valence-electron chi connectivity index (χ4n) is 3.19. The van der Waals surface area contributed by atoms with Crippen LogP contribution in [-0.2, 0) is 4.79 Å². The summed E-state index contributed by atoms with van der Waals surface area (Å²) < 4.78 is 0. The predicted molar refractivity (Wildman–Crippen MR) is 85.6 cm³/mol. The van der Waals surface area contributed by atoms with E-state index in [1.165, 1.54) is 57.8 Å². The van der Waals surface area contributed by atoms with E-state index in [1.54, 1.807) is 0 Å². The second-order valence-electron chi connectivity index (χ2n) is 6.19. The van der Waals surface area contributed by atoms with Crippen molar-refractivity contribution in [3.63, 3.8) is 0 Å². The maximum atomic E-state index is 12.4. The predicted octanol–water partition coefficient (Wildman–Crippen LogP) is 3.86. The minimum Gasteiger partial charge on any atom is -0.340 e. The molecule has 3 heteroatoms. The number of carbonyl (C=O) groups is 1. The van der Waals surface area contributed by atoms with Gasteiger partial charge in [0.15, 0.2) is 0 Å². The number of amides is 1. The zero-order valence-corrected chi connectivity index (χ0v) is 13.4. The first-order valence-electron chi connectivity index (χ1n) is 8.79. The van der Waals surface area contributed by atoms with Crippen LogP contribution in [0.1, 0.15) is 84.0 Å². The summed E-state index contributed by atoms with van der Waals surface area (Å²) in [7, 11) is 0. The molecule has 118 valence electrons. The normalized spacial score (nSPS) is 15.7. The summed E-state index contributed by atoms with van der Waals surface area (Å²) in [5, 5.41) is 0. The van der Waals surface area contributed by atoms with E-state index >= 15 is 0 Å². The van der Waals surface area contributed by atoms with E-state index in [9.17, 15) is 4.79 Å². The summed E-state index contributed by atoms with van der Waals surface area (Å²) in [6, 6.07) is 0.508. The third-order valence-corrected chi connectivity index (χ3v) is 4.43. The van der Waals surface area contributed by atoms with Crippen LogP contribution in [0, 0.1) is 0 Å². The van der Waals surface area contributed by atoms with Crippen LogP contribution in [-0.4, -0.2) is 29.9 Å². The Kier molecular flexibility index (Phi) is 9.73. The van der Waals surface area contributed by atoms with Gasteiger partial charge in [0.1, 0.15) is 0 Å². The Bertz CT molecular complexity index is 249. The molecule has 0 aromatic carbocycles. The van der Waals surface area contributed by atoms with E-state index in [1.807, 2.05) is 0 Å². The smallest absolute Gasteiger partial charge is 0.222 e. The number of nitrogens with two attached hydrogens (primary N) is 1. The molecule has 1 saturated carbocycles. The molecule has 0 heterocycles. The summed E-state index contributed by atoms with van der Waals surface area (Å²) in [4.78, 5) is 14.6. The highest BCUT2D eigenvalue weighted by molar-refractivity contribution is 5.76. The lowest BCUT2D eigenvalue weighted by Gasteiger charge is -2.29. The second kappa shape index (κ2) is 11.1. The van der Waals surface area contributed by atoms with Crippen molar-refractivity contribution in [3.05, 3.63) is 0 Å². The van der Waals surface area contributed by atoms with Gasteiger partial charge in [0, 0.05) is 19.0 Å². The molecule has 2 N–H and O–H groups in total. The molecular weight excluding hydrogens is 248 g/mol. The van der Waals surface area contributed by atoms with Crippen LogP contribution in [0.5, 0.6) is 0 Å². The van der Waals surface area contributed by atoms with E-state index in [4.69, 9.17) is 5.73 Å². The Labute approximate surface area is 125 Å². The number of nitrogens with zero attached hydrogens (tertiary/aromatic N) is 1. The molecule has 20 heavy (non-hydrogen) atoms. The number of hydrogen-bond acceptors (Lipinski definition) is 2. The fraction of sp³-hybridized carbons (Fsp3) is 0.941. The molecule has 1 rings (SSSR count). The third kappa shape index (κ3) is 6.74. The Balaban J connectivity index is 2.24. The highest BCUT2D eigenvalue weighted by atomic mass is 16.2. The molecule has 1 aliphatic carbocycles. The Hall–Kier alpha value is -0.570. The van der Waals surface area contributed by atoms with Crippen molar-refractivity contribution in [2.75, 3.05) is 13.1 Å². The second-order valence-corrected chi connectivity index (χ2v) is 6.19. The Morgan fingerprint density at radius 2 is 1.70 bits per heavy atom. The molecule has 1 fully saturated rings. The molecule has 0 aromatic heterocycles. The van der Waals surface area contributed by atoms with Gasteiger partial charge in [0.2, 0.25) is 5.91 Å². The van der Waals surface area contributed by atoms with Gasteiger partial charge in [-0.15, -0.1) is 0 Å². The van der Waals surface area contributed by atoms with Gasteiger partial charge in [0.05, 0.1) is 0 Å². The van der Waals surface area contributed by atoms with E-state index in [0.717, 1.165) is 25.8 Å². The largest absolute Gasteiger partial charge is 0.340 e. The summed E-state index contributed by atoms with van der Waals surface area (Å²) in [5.41, 5.74) is 5.61. The molecule has 0 aromatic rings. The average molecular weight is 282 g/mol. The van der Waals surface area contributed by atoms with Crippen molar-refractivity contribution in [1.29, 1.82) is 0 Å². The maximum absolute atomic E-state index is 12.4. The molecule has 3 nitrogen and oxygen atoms in total. The standard InChI is InChI=1S/C17H34N2O/c1-2-3-4-5-6-7-13-17(20)19(15-10-14-18)16-11-8-9-12-16/h16H,2-15,18H2,1H3. The quantitative estimate of drug-likeness (QED) is 0.585. The lowest BCUT2D eigenvalue weighted by Crippen LogP contribution is -2.40. The Morgan fingerprint density at radius 1 is 1.05 bits per heavy atom. The molecule has 0 radical (unpaired) electrons. The van der Waals surface area contributed by atoms with Crippen LogP contribution >= 0.6 is 0 Å². The van der Waals surface area contributed by atoms with Gasteiger partial charge >= 0.3 is 0 Å². The van der Waals surface area contributed by atoms with Crippen molar-refractivity contribution in [3.8, 4) is 0 Å². The zero-order chi connectivity index (χ0) is 14.6. The van der Waals surface area contributed by atoms with Gasteiger partial charge in [-0.05, 0) is 32.2 Å². The first-order chi connectivity index (χ1) is 9.79. The van der Waals surface area contributed by atoms with E-state index < -0.39 is 0 Å². The van der Waals surface area contributed by atoms with E-state index in [-0.39, 0.29) is 0 Å². The Morgan fingerprint density at radius 3 is 2.35 bits per heavy atom. The third-order valence-electron chi connectivity index (χ3n) is 4.43. The minimum absolute atomic E-state index is 0.376. The van der Waals surface area contributed by atoms with Crippen molar-refractivity contribution in [1.82, 2.24) is 4.90 Å². The van der Waals surface area contributed by atoms with Crippen molar-refractivity contribution < 1.29 is 4.79 Å². The van der Waals surface area contributed by atoms with Gasteiger partial charge in [0.25, 0.3) is 0 Å². The first kappa shape index (κ1) is 17.5. The molecule has 0 unspecified atom stereocenters. The maximum Gasteiger partial charge on any atom is 0.222 e. The van der Waals surface area contributed by atoms with Crippen molar-refractivity contribution in [2.45, 2.75) is 90.0 Å². The molecule has 0 bridgehead atoms. The van der Waals surface area contributed by atoms with Crippen molar-refractivity contribution >= 4 is 5.91 Å². The SMILES string of the molecule is CCCCCCCCC(=O)N(CCCN)C1CCCC1. The summed E-state index contributed by atoms with van der Waals surface area (Å²) >= 11 is 0. The van der Waals surface area contributed by atoms with E-state index in [2.05, 4.69) is 11.8 Å². The molecule has 1 aliphatic rings. The van der Waals surface area contributed by atoms with Gasteiger partial charge in [-0.25, -0.2) is 0 Å². The van der Waals surface area contributed by atoms with Crippen LogP contribution in [0.15, 0.2) is 0 Å². The fourth-order valence-corrected chi connectivity index (χ4v) is 3.19. The summed E-state index contributed by atoms with van der Waals surface area (Å²) in [6.45, 7) is 3.80. The molecular formula is C17H34N2O. The lowest BCUT2D eigenvalue weighted by molar-refractivity contribution is -0.133. The molecule has 1 amide bonds. The van der Waals surface area contributed by atoms with Gasteiger partial charge in [-0.1, -0.05) is 51.9 Å². The average Bonchev–Trinajstić information content (AvgIpc) is 2.97. The van der Waals surface area contributed by atoms with Crippen LogP contribution < -0.4 is 5.73 Å². The van der Waals surface area contributed by atoms with Gasteiger partial charge in [-0.3, -0.25) is 4.79 Å². The monoisotopic (exact) mass is 282 g/mol. The van der Waals surface area contributed by atoms with Crippen LogP contribution in [0.4, 0.5) is 0 Å². The van der Waals surface area contributed by atoms with Crippen LogP contribution in [0.2, 0.25) is 0 Å². The summed E-state index contributed by atoms with van der Waals surface area (Å²) in [5.74, 6) is 0.376. The number of hydrogen-bond donors (Lipinski definition) is 1. The summed E-state index contributed by atoms with van der Waals surface area (Å²) in [6.07, 6.45) is 14.2. The van der Waals surface area contributed by atoms with Crippen molar-refractivity contribution in [2.24, 2.45) is 5.73 Å². The van der Waals surface area contributed by atoms with E-state index in [0.29, 0.717) is 18.5 Å². The number of unbranched alkanes of at least 4 members (excludes halogenated alkanes) is 5. The first-order valence-corrected chi connectivity index (χ1v) is 8.79. The highest BCUT2D eigenvalue weighted by Crippen LogP contribution is 2.24. The lowest BCUT2D eigenvalue weighted by atomic mass is 10.1. The number of carbonyl (C=O) groups excluding carboxylic acids is 1. The highest BCUT2D eigenvalue weighted by Gasteiger charge is 2.25. The number of rotatable bonds is 11.